The summed E-state index contributed by atoms with van der Waals surface area (Å²) in [6.45, 7) is 2.98. The van der Waals surface area contributed by atoms with Crippen molar-refractivity contribution < 1.29 is 4.92 Å². The molecule has 1 aromatic carbocycles. The van der Waals surface area contributed by atoms with Gasteiger partial charge in [-0.1, -0.05) is 35.3 Å². The third kappa shape index (κ3) is 1.83. The Morgan fingerprint density at radius 2 is 1.93 bits per heavy atom. The maximum absolute atomic E-state index is 10.8. The first kappa shape index (κ1) is 11.3. The van der Waals surface area contributed by atoms with Crippen molar-refractivity contribution in [3.8, 4) is 0 Å². The normalized spacial score (nSPS) is 11.4. The molecule has 1 rings (SSSR count). The van der Waals surface area contributed by atoms with Gasteiger partial charge in [-0.05, 0) is 6.07 Å². The van der Waals surface area contributed by atoms with Crippen LogP contribution in [-0.2, 0) is 5.54 Å². The third-order valence-corrected chi connectivity index (χ3v) is 2.89. The summed E-state index contributed by atoms with van der Waals surface area (Å²) in [5, 5.41) is 11.4. The molecule has 0 saturated heterocycles. The highest BCUT2D eigenvalue weighted by molar-refractivity contribution is 6.42. The van der Waals surface area contributed by atoms with Crippen molar-refractivity contribution in [2.75, 3.05) is 0 Å². The van der Waals surface area contributed by atoms with Crippen LogP contribution in [0.5, 0.6) is 0 Å². The molecule has 0 aliphatic carbocycles. The van der Waals surface area contributed by atoms with E-state index >= 15 is 0 Å². The molecule has 0 aliphatic heterocycles. The molecule has 0 saturated carbocycles. The van der Waals surface area contributed by atoms with Gasteiger partial charge in [-0.15, -0.1) is 0 Å². The quantitative estimate of drug-likeness (QED) is 0.580. The van der Waals surface area contributed by atoms with Crippen LogP contribution >= 0.6 is 23.2 Å². The maximum Gasteiger partial charge on any atom is 0.243 e. The van der Waals surface area contributed by atoms with E-state index in [1.807, 2.05) is 0 Å². The van der Waals surface area contributed by atoms with Crippen LogP contribution in [0.1, 0.15) is 19.4 Å². The average Bonchev–Trinajstić information content (AvgIpc) is 2.09. The van der Waals surface area contributed by atoms with Crippen molar-refractivity contribution in [2.45, 2.75) is 19.4 Å². The maximum atomic E-state index is 10.8. The molecule has 14 heavy (non-hydrogen) atoms. The molecule has 0 heterocycles. The van der Waals surface area contributed by atoms with Gasteiger partial charge >= 0.3 is 0 Å². The van der Waals surface area contributed by atoms with Crippen molar-refractivity contribution in [1.29, 1.82) is 0 Å². The van der Waals surface area contributed by atoms with Crippen molar-refractivity contribution in [3.05, 3.63) is 43.9 Å². The first-order chi connectivity index (χ1) is 6.37. The van der Waals surface area contributed by atoms with Crippen molar-refractivity contribution in [2.24, 2.45) is 0 Å². The molecule has 0 fully saturated rings. The lowest BCUT2D eigenvalue weighted by molar-refractivity contribution is -0.569. The molecule has 0 aliphatic rings. The standard InChI is InChI=1S/C9H9Cl2NO2/c1-9(2,12(13)14)6-4-3-5-7(10)8(6)11/h3-5H,1-2H3. The minimum absolute atomic E-state index is 0.246. The summed E-state index contributed by atoms with van der Waals surface area (Å²) in [4.78, 5) is 10.4. The van der Waals surface area contributed by atoms with Gasteiger partial charge in [-0.2, -0.15) is 0 Å². The van der Waals surface area contributed by atoms with Gasteiger partial charge in [0, 0.05) is 24.3 Å². The molecular weight excluding hydrogens is 225 g/mol. The molecule has 3 nitrogen and oxygen atoms in total. The Bertz CT molecular complexity index is 377. The SMILES string of the molecule is CC(C)(c1cccc(Cl)c1Cl)[N+](=O)[O-]. The van der Waals surface area contributed by atoms with Crippen LogP contribution < -0.4 is 0 Å². The van der Waals surface area contributed by atoms with Gasteiger partial charge in [0.2, 0.25) is 5.54 Å². The molecular formula is C9H9Cl2NO2. The van der Waals surface area contributed by atoms with Crippen LogP contribution in [0.4, 0.5) is 0 Å². The van der Waals surface area contributed by atoms with Crippen LogP contribution in [0, 0.1) is 10.1 Å². The Hall–Kier alpha value is -0.800. The summed E-state index contributed by atoms with van der Waals surface area (Å²) in [6.07, 6.45) is 0. The smallest absolute Gasteiger partial charge is 0.243 e. The van der Waals surface area contributed by atoms with Crippen molar-refractivity contribution in [1.82, 2.24) is 0 Å². The summed E-state index contributed by atoms with van der Waals surface area (Å²) in [5.74, 6) is 0. The Morgan fingerprint density at radius 1 is 1.36 bits per heavy atom. The molecule has 0 spiro atoms. The van der Waals surface area contributed by atoms with E-state index in [-0.39, 0.29) is 9.95 Å². The Morgan fingerprint density at radius 3 is 2.43 bits per heavy atom. The molecule has 0 radical (unpaired) electrons. The fraction of sp³-hybridized carbons (Fsp3) is 0.333. The van der Waals surface area contributed by atoms with E-state index in [0.717, 1.165) is 0 Å². The average molecular weight is 234 g/mol. The summed E-state index contributed by atoms with van der Waals surface area (Å²) >= 11 is 11.7. The number of nitro groups is 1. The molecule has 0 unspecified atom stereocenters. The van der Waals surface area contributed by atoms with Gasteiger partial charge in [0.05, 0.1) is 10.0 Å². The van der Waals surface area contributed by atoms with Gasteiger partial charge in [0.15, 0.2) is 0 Å². The highest BCUT2D eigenvalue weighted by atomic mass is 35.5. The van der Waals surface area contributed by atoms with Gasteiger partial charge < -0.3 is 0 Å². The topological polar surface area (TPSA) is 43.1 Å². The first-order valence-corrected chi connectivity index (χ1v) is 4.72. The summed E-state index contributed by atoms with van der Waals surface area (Å²) in [6, 6.07) is 4.86. The minimum atomic E-state index is -1.22. The lowest BCUT2D eigenvalue weighted by Crippen LogP contribution is -2.28. The molecule has 0 aromatic heterocycles. The van der Waals surface area contributed by atoms with Crippen LogP contribution in [-0.4, -0.2) is 4.92 Å². The lowest BCUT2D eigenvalue weighted by atomic mass is 9.95. The molecule has 0 bridgehead atoms. The van der Waals surface area contributed by atoms with Crippen molar-refractivity contribution >= 4 is 23.2 Å². The second-order valence-corrected chi connectivity index (χ2v) is 4.20. The summed E-state index contributed by atoms with van der Waals surface area (Å²) in [5.41, 5.74) is -0.793. The molecule has 1 aromatic rings. The van der Waals surface area contributed by atoms with Crippen LogP contribution in [0.3, 0.4) is 0 Å². The van der Waals surface area contributed by atoms with Crippen LogP contribution in [0.25, 0.3) is 0 Å². The summed E-state index contributed by atoms with van der Waals surface area (Å²) in [7, 11) is 0. The first-order valence-electron chi connectivity index (χ1n) is 3.96. The minimum Gasteiger partial charge on any atom is -0.264 e. The highest BCUT2D eigenvalue weighted by Gasteiger charge is 2.35. The van der Waals surface area contributed by atoms with Crippen LogP contribution in [0.15, 0.2) is 18.2 Å². The lowest BCUT2D eigenvalue weighted by Gasteiger charge is -2.17. The van der Waals surface area contributed by atoms with E-state index in [2.05, 4.69) is 0 Å². The molecule has 0 amide bonds. The fourth-order valence-corrected chi connectivity index (χ4v) is 1.61. The molecule has 0 N–H and O–H groups in total. The van der Waals surface area contributed by atoms with E-state index in [4.69, 9.17) is 23.2 Å². The molecule has 0 atom stereocenters. The monoisotopic (exact) mass is 233 g/mol. The fourth-order valence-electron chi connectivity index (χ4n) is 1.07. The largest absolute Gasteiger partial charge is 0.264 e. The Kier molecular flexibility index (Phi) is 3.02. The second kappa shape index (κ2) is 3.75. The van der Waals surface area contributed by atoms with Gasteiger partial charge in [-0.25, -0.2) is 0 Å². The molecule has 5 heteroatoms. The van der Waals surface area contributed by atoms with E-state index < -0.39 is 5.54 Å². The van der Waals surface area contributed by atoms with Gasteiger partial charge in [0.25, 0.3) is 0 Å². The predicted molar refractivity (Wildman–Crippen MR) is 56.5 cm³/mol. The zero-order chi connectivity index (χ0) is 10.9. The van der Waals surface area contributed by atoms with E-state index in [1.165, 1.54) is 13.8 Å². The Balaban J connectivity index is 3.33. The zero-order valence-corrected chi connectivity index (χ0v) is 9.26. The number of halogens is 2. The number of hydrogen-bond donors (Lipinski definition) is 0. The van der Waals surface area contributed by atoms with Crippen molar-refractivity contribution in [3.63, 3.8) is 0 Å². The van der Waals surface area contributed by atoms with E-state index in [1.54, 1.807) is 18.2 Å². The van der Waals surface area contributed by atoms with Gasteiger partial charge in [0.1, 0.15) is 0 Å². The highest BCUT2D eigenvalue weighted by Crippen LogP contribution is 2.34. The summed E-state index contributed by atoms with van der Waals surface area (Å²) < 4.78 is 0. The predicted octanol–water partition coefficient (Wildman–Crippen LogP) is 3.51. The van der Waals surface area contributed by atoms with E-state index in [9.17, 15) is 10.1 Å². The zero-order valence-electron chi connectivity index (χ0n) is 7.75. The molecule has 76 valence electrons. The third-order valence-electron chi connectivity index (χ3n) is 2.07. The number of hydrogen-bond acceptors (Lipinski definition) is 2. The number of benzene rings is 1. The Labute approximate surface area is 91.8 Å². The van der Waals surface area contributed by atoms with E-state index in [0.29, 0.717) is 10.6 Å². The number of rotatable bonds is 2. The number of nitrogens with zero attached hydrogens (tertiary/aromatic N) is 1. The van der Waals surface area contributed by atoms with Crippen LogP contribution in [0.2, 0.25) is 10.0 Å². The van der Waals surface area contributed by atoms with Gasteiger partial charge in [-0.3, -0.25) is 10.1 Å². The second-order valence-electron chi connectivity index (χ2n) is 3.42.